The third-order valence-electron chi connectivity index (χ3n) is 1.86. The number of pyridine rings is 1. The third kappa shape index (κ3) is 1.93. The Labute approximate surface area is 85.2 Å². The Morgan fingerprint density at radius 1 is 1.67 bits per heavy atom. The van der Waals surface area contributed by atoms with E-state index >= 15 is 0 Å². The molecule has 6 heteroatoms. The molecule has 0 spiro atoms. The first-order valence-electron chi connectivity index (χ1n) is 4.28. The summed E-state index contributed by atoms with van der Waals surface area (Å²) in [5.74, 6) is 0. The molecule has 0 radical (unpaired) electrons. The average molecular weight is 203 g/mol. The van der Waals surface area contributed by atoms with Gasteiger partial charge in [0, 0.05) is 23.3 Å². The second-order valence-electron chi connectivity index (χ2n) is 2.88. The SMILES string of the molecule is NC(=O)NN=Cc1c[nH]c2ncccc12. The van der Waals surface area contributed by atoms with Crippen LogP contribution in [0.25, 0.3) is 11.0 Å². The van der Waals surface area contributed by atoms with Gasteiger partial charge < -0.3 is 10.7 Å². The molecule has 0 saturated carbocycles. The van der Waals surface area contributed by atoms with Crippen LogP contribution in [-0.2, 0) is 0 Å². The zero-order chi connectivity index (χ0) is 10.7. The Morgan fingerprint density at radius 2 is 2.53 bits per heavy atom. The summed E-state index contributed by atoms with van der Waals surface area (Å²) >= 11 is 0. The lowest BCUT2D eigenvalue weighted by atomic mass is 10.2. The summed E-state index contributed by atoms with van der Waals surface area (Å²) in [5, 5.41) is 4.60. The number of rotatable bonds is 2. The Hall–Kier alpha value is -2.37. The van der Waals surface area contributed by atoms with Crippen molar-refractivity contribution >= 4 is 23.3 Å². The van der Waals surface area contributed by atoms with E-state index in [2.05, 4.69) is 20.5 Å². The number of primary amides is 1. The van der Waals surface area contributed by atoms with Crippen LogP contribution >= 0.6 is 0 Å². The molecule has 0 saturated heterocycles. The molecule has 0 fully saturated rings. The van der Waals surface area contributed by atoms with Gasteiger partial charge in [0.1, 0.15) is 5.65 Å². The number of nitrogens with two attached hydrogens (primary N) is 1. The topological polar surface area (TPSA) is 96.2 Å². The number of amides is 2. The van der Waals surface area contributed by atoms with Crippen molar-refractivity contribution in [3.8, 4) is 0 Å². The predicted molar refractivity (Wildman–Crippen MR) is 56.4 cm³/mol. The first kappa shape index (κ1) is 9.20. The number of fused-ring (bicyclic) bond motifs is 1. The molecular weight excluding hydrogens is 194 g/mol. The van der Waals surface area contributed by atoms with E-state index in [0.717, 1.165) is 16.6 Å². The average Bonchev–Trinajstić information content (AvgIpc) is 2.62. The molecule has 2 aromatic heterocycles. The number of aromatic nitrogens is 2. The lowest BCUT2D eigenvalue weighted by Crippen LogP contribution is -2.24. The summed E-state index contributed by atoms with van der Waals surface area (Å²) in [7, 11) is 0. The molecule has 0 unspecified atom stereocenters. The van der Waals surface area contributed by atoms with Crippen molar-refractivity contribution in [2.24, 2.45) is 10.8 Å². The highest BCUT2D eigenvalue weighted by Gasteiger charge is 2.00. The molecule has 0 aliphatic rings. The standard InChI is InChI=1S/C9H9N5O/c10-9(15)14-13-5-6-4-12-8-7(6)2-1-3-11-8/h1-5H,(H,11,12)(H3,10,14,15). The Balaban J connectivity index is 2.28. The smallest absolute Gasteiger partial charge is 0.332 e. The van der Waals surface area contributed by atoms with Crippen LogP contribution in [0.4, 0.5) is 4.79 Å². The molecule has 0 aliphatic carbocycles. The molecule has 2 rings (SSSR count). The molecule has 0 bridgehead atoms. The Kier molecular flexibility index (Phi) is 2.32. The van der Waals surface area contributed by atoms with Crippen LogP contribution in [0.5, 0.6) is 0 Å². The zero-order valence-electron chi connectivity index (χ0n) is 7.77. The van der Waals surface area contributed by atoms with Gasteiger partial charge in [-0.3, -0.25) is 0 Å². The minimum atomic E-state index is -0.691. The maximum atomic E-state index is 10.4. The van der Waals surface area contributed by atoms with Gasteiger partial charge in [-0.05, 0) is 12.1 Å². The van der Waals surface area contributed by atoms with E-state index in [4.69, 9.17) is 5.73 Å². The van der Waals surface area contributed by atoms with Gasteiger partial charge in [-0.25, -0.2) is 15.2 Å². The molecule has 2 amide bonds. The van der Waals surface area contributed by atoms with Crippen molar-refractivity contribution in [1.29, 1.82) is 0 Å². The van der Waals surface area contributed by atoms with Gasteiger partial charge in [0.2, 0.25) is 0 Å². The van der Waals surface area contributed by atoms with Crippen LogP contribution < -0.4 is 11.2 Å². The van der Waals surface area contributed by atoms with Crippen molar-refractivity contribution in [3.63, 3.8) is 0 Å². The number of carbonyl (C=O) groups excluding carboxylic acids is 1. The predicted octanol–water partition coefficient (Wildman–Crippen LogP) is 0.565. The molecule has 2 heterocycles. The summed E-state index contributed by atoms with van der Waals surface area (Å²) in [6.07, 6.45) is 4.95. The highest BCUT2D eigenvalue weighted by atomic mass is 16.2. The Bertz CT molecular complexity index is 516. The fourth-order valence-corrected chi connectivity index (χ4v) is 1.25. The second kappa shape index (κ2) is 3.79. The van der Waals surface area contributed by atoms with Crippen molar-refractivity contribution < 1.29 is 4.79 Å². The fourth-order valence-electron chi connectivity index (χ4n) is 1.25. The normalized spacial score (nSPS) is 10.9. The van der Waals surface area contributed by atoms with Crippen LogP contribution in [0.1, 0.15) is 5.56 Å². The quantitative estimate of drug-likeness (QED) is 0.491. The van der Waals surface area contributed by atoms with Gasteiger partial charge in [0.05, 0.1) is 6.21 Å². The summed E-state index contributed by atoms with van der Waals surface area (Å²) < 4.78 is 0. The zero-order valence-corrected chi connectivity index (χ0v) is 7.77. The Morgan fingerprint density at radius 3 is 3.33 bits per heavy atom. The van der Waals surface area contributed by atoms with Crippen molar-refractivity contribution in [1.82, 2.24) is 15.4 Å². The summed E-state index contributed by atoms with van der Waals surface area (Å²) in [4.78, 5) is 17.5. The molecule has 4 N–H and O–H groups in total. The number of nitrogens with one attached hydrogen (secondary N) is 2. The second-order valence-corrected chi connectivity index (χ2v) is 2.88. The van der Waals surface area contributed by atoms with E-state index in [9.17, 15) is 4.79 Å². The monoisotopic (exact) mass is 203 g/mol. The number of nitrogens with zero attached hydrogens (tertiary/aromatic N) is 2. The minimum absolute atomic E-state index is 0.691. The summed E-state index contributed by atoms with van der Waals surface area (Å²) in [6.45, 7) is 0. The number of H-pyrrole nitrogens is 1. The van der Waals surface area contributed by atoms with Crippen molar-refractivity contribution in [2.75, 3.05) is 0 Å². The van der Waals surface area contributed by atoms with Gasteiger partial charge in [0.25, 0.3) is 0 Å². The maximum Gasteiger partial charge on any atom is 0.332 e. The first-order valence-corrected chi connectivity index (χ1v) is 4.28. The van der Waals surface area contributed by atoms with Gasteiger partial charge in [-0.1, -0.05) is 0 Å². The van der Waals surface area contributed by atoms with E-state index < -0.39 is 6.03 Å². The number of carbonyl (C=O) groups is 1. The molecule has 2 aromatic rings. The molecule has 76 valence electrons. The minimum Gasteiger partial charge on any atom is -0.350 e. The van der Waals surface area contributed by atoms with Crippen LogP contribution in [0.2, 0.25) is 0 Å². The largest absolute Gasteiger partial charge is 0.350 e. The van der Waals surface area contributed by atoms with Crippen LogP contribution in [0, 0.1) is 0 Å². The highest BCUT2D eigenvalue weighted by molar-refractivity contribution is 5.97. The molecular formula is C9H9N5O. The summed E-state index contributed by atoms with van der Waals surface area (Å²) in [5.41, 5.74) is 8.60. The third-order valence-corrected chi connectivity index (χ3v) is 1.86. The molecule has 0 aromatic carbocycles. The maximum absolute atomic E-state index is 10.4. The number of hydrazone groups is 1. The van der Waals surface area contributed by atoms with Crippen LogP contribution in [-0.4, -0.2) is 22.2 Å². The van der Waals surface area contributed by atoms with Gasteiger partial charge in [-0.2, -0.15) is 5.10 Å². The molecule has 0 aliphatic heterocycles. The van der Waals surface area contributed by atoms with Crippen LogP contribution in [0.15, 0.2) is 29.6 Å². The van der Waals surface area contributed by atoms with E-state index in [0.29, 0.717) is 0 Å². The number of hydrogen-bond acceptors (Lipinski definition) is 3. The van der Waals surface area contributed by atoms with E-state index in [-0.39, 0.29) is 0 Å². The van der Waals surface area contributed by atoms with Crippen molar-refractivity contribution in [3.05, 3.63) is 30.1 Å². The molecule has 15 heavy (non-hydrogen) atoms. The fraction of sp³-hybridized carbons (Fsp3) is 0. The number of aromatic amines is 1. The van der Waals surface area contributed by atoms with Gasteiger partial charge in [-0.15, -0.1) is 0 Å². The van der Waals surface area contributed by atoms with E-state index in [1.807, 2.05) is 12.1 Å². The first-order chi connectivity index (χ1) is 7.27. The van der Waals surface area contributed by atoms with Crippen molar-refractivity contribution in [2.45, 2.75) is 0 Å². The lowest BCUT2D eigenvalue weighted by molar-refractivity contribution is 0.249. The summed E-state index contributed by atoms with van der Waals surface area (Å²) in [6, 6.07) is 3.05. The van der Waals surface area contributed by atoms with E-state index in [1.54, 1.807) is 12.4 Å². The highest BCUT2D eigenvalue weighted by Crippen LogP contribution is 2.12. The molecule has 0 atom stereocenters. The van der Waals surface area contributed by atoms with Gasteiger partial charge >= 0.3 is 6.03 Å². The number of hydrogen-bond donors (Lipinski definition) is 3. The lowest BCUT2D eigenvalue weighted by Gasteiger charge is -1.91. The van der Waals surface area contributed by atoms with E-state index in [1.165, 1.54) is 6.21 Å². The molecule has 6 nitrogen and oxygen atoms in total. The van der Waals surface area contributed by atoms with Crippen LogP contribution in [0.3, 0.4) is 0 Å². The number of urea groups is 1. The van der Waals surface area contributed by atoms with Gasteiger partial charge in [0.15, 0.2) is 0 Å².